The Morgan fingerprint density at radius 3 is 2.50 bits per heavy atom. The maximum Gasteiger partial charge on any atom is 0.243 e. The summed E-state index contributed by atoms with van der Waals surface area (Å²) in [5.74, 6) is -1.07. The lowest BCUT2D eigenvalue weighted by Crippen LogP contribution is -2.53. The van der Waals surface area contributed by atoms with Gasteiger partial charge in [-0.3, -0.25) is 14.4 Å². The van der Waals surface area contributed by atoms with Crippen molar-refractivity contribution in [1.29, 1.82) is 0 Å². The molecule has 0 aliphatic rings. The summed E-state index contributed by atoms with van der Waals surface area (Å²) in [6.45, 7) is 1.93. The first-order chi connectivity index (χ1) is 16.4. The molecule has 10 heteroatoms. The molecule has 0 saturated heterocycles. The molecule has 3 N–H and O–H groups in total. The first-order valence-electron chi connectivity index (χ1n) is 10.9. The highest BCUT2D eigenvalue weighted by atomic mass is 35.5. The predicted molar refractivity (Wildman–Crippen MR) is 136 cm³/mol. The molecule has 3 amide bonds. The number of thiazole rings is 1. The van der Waals surface area contributed by atoms with E-state index in [4.69, 9.17) is 23.2 Å². The Morgan fingerprint density at radius 1 is 1.03 bits per heavy atom. The first kappa shape index (κ1) is 25.9. The molecular weight excluding hydrogens is 495 g/mol. The largest absolute Gasteiger partial charge is 0.353 e. The Balaban J connectivity index is 1.77. The predicted octanol–water partition coefficient (Wildman–Crippen LogP) is 3.47. The van der Waals surface area contributed by atoms with Crippen molar-refractivity contribution in [1.82, 2.24) is 20.9 Å². The molecule has 180 valence electrons. The van der Waals surface area contributed by atoms with E-state index in [-0.39, 0.29) is 43.0 Å². The topological polar surface area (TPSA) is 100 Å². The van der Waals surface area contributed by atoms with Gasteiger partial charge < -0.3 is 16.0 Å². The van der Waals surface area contributed by atoms with E-state index in [1.54, 1.807) is 13.0 Å². The van der Waals surface area contributed by atoms with Gasteiger partial charge in [0.15, 0.2) is 0 Å². The van der Waals surface area contributed by atoms with Gasteiger partial charge in [0.2, 0.25) is 17.7 Å². The summed E-state index contributed by atoms with van der Waals surface area (Å²) in [5, 5.41) is 9.83. The molecule has 0 radical (unpaired) electrons. The zero-order valence-corrected chi connectivity index (χ0v) is 21.0. The quantitative estimate of drug-likeness (QED) is 0.337. The number of aromatic nitrogens is 1. The third-order valence-corrected chi connectivity index (χ3v) is 6.60. The molecule has 0 saturated carbocycles. The Labute approximate surface area is 212 Å². The number of nitrogens with zero attached hydrogens (tertiary/aromatic N) is 1. The molecule has 0 aliphatic carbocycles. The highest BCUT2D eigenvalue weighted by molar-refractivity contribution is 7.18. The van der Waals surface area contributed by atoms with E-state index in [0.29, 0.717) is 16.5 Å². The molecule has 2 atom stereocenters. The summed E-state index contributed by atoms with van der Waals surface area (Å²) in [4.78, 5) is 41.7. The minimum absolute atomic E-state index is 0.164. The number of hydrogen-bond donors (Lipinski definition) is 3. The average molecular weight is 521 g/mol. The molecule has 2 unspecified atom stereocenters. The van der Waals surface area contributed by atoms with Crippen LogP contribution in [0.4, 0.5) is 0 Å². The van der Waals surface area contributed by atoms with Crippen LogP contribution in [0.3, 0.4) is 0 Å². The molecule has 0 bridgehead atoms. The lowest BCUT2D eigenvalue weighted by molar-refractivity contribution is -0.129. The second-order valence-corrected chi connectivity index (χ2v) is 9.55. The Bertz CT molecular complexity index is 1140. The van der Waals surface area contributed by atoms with E-state index in [2.05, 4.69) is 20.9 Å². The number of hydrogen-bond acceptors (Lipinski definition) is 5. The summed E-state index contributed by atoms with van der Waals surface area (Å²) >= 11 is 13.1. The third kappa shape index (κ3) is 7.68. The van der Waals surface area contributed by atoms with E-state index in [1.165, 1.54) is 11.3 Å². The molecule has 1 heterocycles. The Hall–Kier alpha value is -2.68. The van der Waals surface area contributed by atoms with Gasteiger partial charge in [-0.2, -0.15) is 0 Å². The number of alkyl halides is 1. The number of nitrogens with one attached hydrogen (secondary N) is 3. The van der Waals surface area contributed by atoms with Crippen LogP contribution in [0.1, 0.15) is 23.9 Å². The Morgan fingerprint density at radius 2 is 1.79 bits per heavy atom. The van der Waals surface area contributed by atoms with E-state index >= 15 is 0 Å². The maximum absolute atomic E-state index is 13.3. The van der Waals surface area contributed by atoms with Gasteiger partial charge in [0.05, 0.1) is 21.3 Å². The molecule has 7 nitrogen and oxygen atoms in total. The highest BCUT2D eigenvalue weighted by Gasteiger charge is 2.25. The van der Waals surface area contributed by atoms with Crippen LogP contribution in [-0.2, 0) is 27.2 Å². The molecule has 3 rings (SSSR count). The molecule has 34 heavy (non-hydrogen) atoms. The molecule has 3 aromatic rings. The third-order valence-electron chi connectivity index (χ3n) is 5.08. The van der Waals surface area contributed by atoms with Gasteiger partial charge in [-0.05, 0) is 30.2 Å². The highest BCUT2D eigenvalue weighted by Crippen LogP contribution is 2.26. The van der Waals surface area contributed by atoms with Crippen LogP contribution >= 0.6 is 34.5 Å². The monoisotopic (exact) mass is 520 g/mol. The molecule has 1 aromatic heterocycles. The molecule has 0 spiro atoms. The van der Waals surface area contributed by atoms with Gasteiger partial charge in [-0.1, -0.05) is 48.9 Å². The second kappa shape index (κ2) is 12.7. The maximum atomic E-state index is 13.3. The van der Waals surface area contributed by atoms with Gasteiger partial charge in [0.25, 0.3) is 0 Å². The molecule has 0 aliphatic heterocycles. The minimum atomic E-state index is -0.814. The van der Waals surface area contributed by atoms with Crippen LogP contribution in [0.15, 0.2) is 48.5 Å². The lowest BCUT2D eigenvalue weighted by Gasteiger charge is -2.23. The van der Waals surface area contributed by atoms with Crippen LogP contribution in [0.5, 0.6) is 0 Å². The fourth-order valence-electron chi connectivity index (χ4n) is 3.37. The summed E-state index contributed by atoms with van der Waals surface area (Å²) in [5.41, 5.74) is 1.79. The zero-order chi connectivity index (χ0) is 24.5. The van der Waals surface area contributed by atoms with Crippen molar-refractivity contribution < 1.29 is 14.4 Å². The van der Waals surface area contributed by atoms with Crippen LogP contribution in [0, 0.1) is 0 Å². The zero-order valence-electron chi connectivity index (χ0n) is 18.6. The van der Waals surface area contributed by atoms with E-state index in [1.807, 2.05) is 42.5 Å². The number of benzene rings is 2. The fourth-order valence-corrected chi connectivity index (χ4v) is 4.76. The van der Waals surface area contributed by atoms with Crippen molar-refractivity contribution in [3.63, 3.8) is 0 Å². The van der Waals surface area contributed by atoms with Crippen LogP contribution in [0.25, 0.3) is 10.2 Å². The van der Waals surface area contributed by atoms with Gasteiger partial charge in [0, 0.05) is 24.4 Å². The summed E-state index contributed by atoms with van der Waals surface area (Å²) in [6.07, 6.45) is 0.988. The summed E-state index contributed by atoms with van der Waals surface area (Å²) in [6, 6.07) is 13.8. The van der Waals surface area contributed by atoms with Crippen molar-refractivity contribution in [2.75, 3.05) is 12.4 Å². The number of fused-ring (bicyclic) bond motifs is 1. The lowest BCUT2D eigenvalue weighted by atomic mass is 10.0. The standard InChI is InChI=1S/C24H26Cl2N4O3S/c1-2-21(31)29-19(12-23-30-18-9-8-16(26)11-20(18)34-23)24(33)28-17(14-27-22(32)13-25)10-15-6-4-3-5-7-15/h3-9,11,17,19H,2,10,12-14H2,1H3,(H,27,32)(H,28,33)(H,29,31). The fraction of sp³-hybridized carbons (Fsp3) is 0.333. The second-order valence-electron chi connectivity index (χ2n) is 7.73. The first-order valence-corrected chi connectivity index (χ1v) is 12.6. The van der Waals surface area contributed by atoms with E-state index in [0.717, 1.165) is 15.8 Å². The van der Waals surface area contributed by atoms with E-state index < -0.39 is 12.1 Å². The van der Waals surface area contributed by atoms with Gasteiger partial charge in [-0.15, -0.1) is 22.9 Å². The molecule has 0 fully saturated rings. The van der Waals surface area contributed by atoms with Crippen LogP contribution in [-0.4, -0.2) is 47.2 Å². The van der Waals surface area contributed by atoms with Gasteiger partial charge in [-0.25, -0.2) is 4.98 Å². The Kier molecular flexibility index (Phi) is 9.68. The number of carbonyl (C=O) groups excluding carboxylic acids is 3. The van der Waals surface area contributed by atoms with Crippen molar-refractivity contribution in [2.24, 2.45) is 0 Å². The number of carbonyl (C=O) groups is 3. The van der Waals surface area contributed by atoms with E-state index in [9.17, 15) is 14.4 Å². The smallest absolute Gasteiger partial charge is 0.243 e. The average Bonchev–Trinajstić information content (AvgIpc) is 3.23. The number of halogens is 2. The van der Waals surface area contributed by atoms with Crippen molar-refractivity contribution in [2.45, 2.75) is 38.3 Å². The van der Waals surface area contributed by atoms with Gasteiger partial charge >= 0.3 is 0 Å². The molecular formula is C24H26Cl2N4O3S. The number of amides is 3. The van der Waals surface area contributed by atoms with Crippen molar-refractivity contribution >= 4 is 62.5 Å². The van der Waals surface area contributed by atoms with Crippen molar-refractivity contribution in [3.05, 3.63) is 64.1 Å². The summed E-state index contributed by atoms with van der Waals surface area (Å²) in [7, 11) is 0. The van der Waals surface area contributed by atoms with Crippen LogP contribution in [0.2, 0.25) is 5.02 Å². The van der Waals surface area contributed by atoms with Crippen molar-refractivity contribution in [3.8, 4) is 0 Å². The normalized spacial score (nSPS) is 12.7. The molecule has 2 aromatic carbocycles. The minimum Gasteiger partial charge on any atom is -0.353 e. The van der Waals surface area contributed by atoms with Crippen LogP contribution < -0.4 is 16.0 Å². The SMILES string of the molecule is CCC(=O)NC(Cc1nc2ccc(Cl)cc2s1)C(=O)NC(CNC(=O)CCl)Cc1ccccc1. The number of rotatable bonds is 11. The van der Waals surface area contributed by atoms with Gasteiger partial charge in [0.1, 0.15) is 11.9 Å². The summed E-state index contributed by atoms with van der Waals surface area (Å²) < 4.78 is 0.911.